The molecular weight excluding hydrogens is 280 g/mol. The molecule has 2 heterocycles. The van der Waals surface area contributed by atoms with Crippen molar-refractivity contribution in [2.45, 2.75) is 33.4 Å². The van der Waals surface area contributed by atoms with Crippen LogP contribution in [0.25, 0.3) is 0 Å². The predicted octanol–water partition coefficient (Wildman–Crippen LogP) is 1.40. The highest BCUT2D eigenvalue weighted by atomic mass is 16.2. The molecule has 7 heteroatoms. The number of aromatic nitrogens is 4. The third-order valence-corrected chi connectivity index (χ3v) is 3.60. The fourth-order valence-electron chi connectivity index (χ4n) is 2.24. The highest BCUT2D eigenvalue weighted by Gasteiger charge is 2.16. The third kappa shape index (κ3) is 3.60. The van der Waals surface area contributed by atoms with E-state index in [0.29, 0.717) is 6.54 Å². The molecule has 118 valence electrons. The lowest BCUT2D eigenvalue weighted by Crippen LogP contribution is -2.32. The van der Waals surface area contributed by atoms with Crippen LogP contribution < -0.4 is 10.2 Å². The van der Waals surface area contributed by atoms with E-state index in [-0.39, 0.29) is 5.91 Å². The number of carbonyl (C=O) groups is 1. The molecule has 2 aromatic rings. The van der Waals surface area contributed by atoms with Crippen molar-refractivity contribution in [1.82, 2.24) is 25.1 Å². The predicted molar refractivity (Wildman–Crippen MR) is 84.4 cm³/mol. The molecule has 22 heavy (non-hydrogen) atoms. The minimum Gasteiger partial charge on any atom is -0.357 e. The van der Waals surface area contributed by atoms with Crippen LogP contribution in [0.5, 0.6) is 0 Å². The van der Waals surface area contributed by atoms with Crippen molar-refractivity contribution in [1.29, 1.82) is 0 Å². The molecule has 0 fully saturated rings. The Morgan fingerprint density at radius 1 is 1.41 bits per heavy atom. The summed E-state index contributed by atoms with van der Waals surface area (Å²) in [4.78, 5) is 22.7. The van der Waals surface area contributed by atoms with Gasteiger partial charge in [0.2, 0.25) is 5.91 Å². The van der Waals surface area contributed by atoms with Crippen molar-refractivity contribution >= 4 is 11.7 Å². The van der Waals surface area contributed by atoms with Gasteiger partial charge in [0.25, 0.3) is 0 Å². The number of rotatable bonds is 7. The van der Waals surface area contributed by atoms with Gasteiger partial charge in [-0.2, -0.15) is 5.10 Å². The standard InChI is InChI=1S/C15H22N6O/c1-4-20(5-2)14-13(7-6-8-17-14)9-18-15(22)12(3)21-11-16-10-19-21/h6-8,10-12H,4-5,9H2,1-3H3,(H,18,22)/t12-/m1/s1. The highest BCUT2D eigenvalue weighted by molar-refractivity contribution is 5.79. The second-order valence-corrected chi connectivity index (χ2v) is 4.93. The molecular formula is C15H22N6O. The number of hydrogen-bond acceptors (Lipinski definition) is 5. The number of carbonyl (C=O) groups excluding carboxylic acids is 1. The second-order valence-electron chi connectivity index (χ2n) is 4.93. The zero-order valence-corrected chi connectivity index (χ0v) is 13.2. The average Bonchev–Trinajstić information content (AvgIpc) is 3.08. The number of amides is 1. The minimum atomic E-state index is -0.393. The summed E-state index contributed by atoms with van der Waals surface area (Å²) in [6, 6.07) is 3.48. The molecule has 0 aliphatic rings. The number of nitrogens with zero attached hydrogens (tertiary/aromatic N) is 5. The van der Waals surface area contributed by atoms with E-state index in [1.807, 2.05) is 12.1 Å². The Morgan fingerprint density at radius 3 is 2.82 bits per heavy atom. The first kappa shape index (κ1) is 15.9. The van der Waals surface area contributed by atoms with E-state index in [9.17, 15) is 4.79 Å². The van der Waals surface area contributed by atoms with Gasteiger partial charge in [-0.05, 0) is 26.8 Å². The van der Waals surface area contributed by atoms with Gasteiger partial charge in [0.15, 0.2) is 0 Å². The Balaban J connectivity index is 2.04. The topological polar surface area (TPSA) is 75.9 Å². The van der Waals surface area contributed by atoms with Crippen LogP contribution in [-0.4, -0.2) is 38.7 Å². The minimum absolute atomic E-state index is 0.0974. The summed E-state index contributed by atoms with van der Waals surface area (Å²) in [5.74, 6) is 0.820. The van der Waals surface area contributed by atoms with Crippen LogP contribution in [-0.2, 0) is 11.3 Å². The number of hydrogen-bond donors (Lipinski definition) is 1. The summed E-state index contributed by atoms with van der Waals surface area (Å²) >= 11 is 0. The van der Waals surface area contributed by atoms with Crippen molar-refractivity contribution in [3.63, 3.8) is 0 Å². The number of nitrogens with one attached hydrogen (secondary N) is 1. The molecule has 0 aliphatic heterocycles. The summed E-state index contributed by atoms with van der Waals surface area (Å²) in [6.07, 6.45) is 4.73. The molecule has 0 aromatic carbocycles. The Labute approximate surface area is 130 Å². The van der Waals surface area contributed by atoms with Gasteiger partial charge in [0, 0.05) is 31.4 Å². The fraction of sp³-hybridized carbons (Fsp3) is 0.467. The first-order valence-corrected chi connectivity index (χ1v) is 7.48. The zero-order chi connectivity index (χ0) is 15.9. The maximum absolute atomic E-state index is 12.2. The van der Waals surface area contributed by atoms with Gasteiger partial charge in [0.1, 0.15) is 24.5 Å². The monoisotopic (exact) mass is 302 g/mol. The molecule has 0 unspecified atom stereocenters. The average molecular weight is 302 g/mol. The van der Waals surface area contributed by atoms with Gasteiger partial charge in [-0.25, -0.2) is 14.6 Å². The quantitative estimate of drug-likeness (QED) is 0.836. The molecule has 0 spiro atoms. The lowest BCUT2D eigenvalue weighted by molar-refractivity contribution is -0.124. The molecule has 0 aliphatic carbocycles. The summed E-state index contributed by atoms with van der Waals surface area (Å²) in [5, 5.41) is 6.92. The molecule has 1 N–H and O–H groups in total. The van der Waals surface area contributed by atoms with Crippen LogP contribution in [0.3, 0.4) is 0 Å². The Morgan fingerprint density at radius 2 is 2.18 bits per heavy atom. The summed E-state index contributed by atoms with van der Waals surface area (Å²) in [7, 11) is 0. The van der Waals surface area contributed by atoms with E-state index in [1.165, 1.54) is 17.3 Å². The summed E-state index contributed by atoms with van der Waals surface area (Å²) in [6.45, 7) is 8.17. The van der Waals surface area contributed by atoms with Crippen LogP contribution >= 0.6 is 0 Å². The van der Waals surface area contributed by atoms with Gasteiger partial charge in [0.05, 0.1) is 0 Å². The van der Waals surface area contributed by atoms with Crippen LogP contribution in [0.2, 0.25) is 0 Å². The van der Waals surface area contributed by atoms with E-state index in [0.717, 1.165) is 24.5 Å². The van der Waals surface area contributed by atoms with Crippen LogP contribution in [0.15, 0.2) is 31.0 Å². The molecule has 7 nitrogen and oxygen atoms in total. The first-order valence-electron chi connectivity index (χ1n) is 7.48. The number of anilines is 1. The Kier molecular flexibility index (Phi) is 5.46. The van der Waals surface area contributed by atoms with Crippen LogP contribution in [0.4, 0.5) is 5.82 Å². The highest BCUT2D eigenvalue weighted by Crippen LogP contribution is 2.16. The van der Waals surface area contributed by atoms with Crippen molar-refractivity contribution in [2.24, 2.45) is 0 Å². The molecule has 0 bridgehead atoms. The van der Waals surface area contributed by atoms with Gasteiger partial charge < -0.3 is 10.2 Å². The molecule has 0 radical (unpaired) electrons. The fourth-order valence-corrected chi connectivity index (χ4v) is 2.24. The Hall–Kier alpha value is -2.44. The number of pyridine rings is 1. The van der Waals surface area contributed by atoms with E-state index in [4.69, 9.17) is 0 Å². The van der Waals surface area contributed by atoms with Crippen molar-refractivity contribution in [3.8, 4) is 0 Å². The molecule has 1 amide bonds. The van der Waals surface area contributed by atoms with Gasteiger partial charge in [-0.1, -0.05) is 6.07 Å². The molecule has 2 aromatic heterocycles. The van der Waals surface area contributed by atoms with Crippen molar-refractivity contribution < 1.29 is 4.79 Å². The van der Waals surface area contributed by atoms with Crippen LogP contribution in [0, 0.1) is 0 Å². The van der Waals surface area contributed by atoms with Crippen molar-refractivity contribution in [3.05, 3.63) is 36.5 Å². The van der Waals surface area contributed by atoms with Crippen LogP contribution in [0.1, 0.15) is 32.4 Å². The van der Waals surface area contributed by atoms with E-state index < -0.39 is 6.04 Å². The second kappa shape index (κ2) is 7.53. The first-order chi connectivity index (χ1) is 10.7. The molecule has 0 saturated carbocycles. The maximum atomic E-state index is 12.2. The largest absolute Gasteiger partial charge is 0.357 e. The molecule has 1 atom stereocenters. The summed E-state index contributed by atoms with van der Waals surface area (Å²) in [5.41, 5.74) is 1.00. The van der Waals surface area contributed by atoms with E-state index in [2.05, 4.69) is 39.1 Å². The lowest BCUT2D eigenvalue weighted by Gasteiger charge is -2.23. The molecule has 2 rings (SSSR count). The van der Waals surface area contributed by atoms with E-state index >= 15 is 0 Å². The van der Waals surface area contributed by atoms with Gasteiger partial charge in [-0.3, -0.25) is 4.79 Å². The maximum Gasteiger partial charge on any atom is 0.244 e. The Bertz CT molecular complexity index is 594. The molecule has 0 saturated heterocycles. The lowest BCUT2D eigenvalue weighted by atomic mass is 10.2. The third-order valence-electron chi connectivity index (χ3n) is 3.60. The van der Waals surface area contributed by atoms with Gasteiger partial charge in [-0.15, -0.1) is 0 Å². The van der Waals surface area contributed by atoms with Gasteiger partial charge >= 0.3 is 0 Å². The SMILES string of the molecule is CCN(CC)c1ncccc1CNC(=O)[C@@H](C)n1cncn1. The smallest absolute Gasteiger partial charge is 0.244 e. The zero-order valence-electron chi connectivity index (χ0n) is 13.2. The van der Waals surface area contributed by atoms with E-state index in [1.54, 1.807) is 13.1 Å². The summed E-state index contributed by atoms with van der Waals surface area (Å²) < 4.78 is 1.53. The normalized spacial score (nSPS) is 12.0. The van der Waals surface area contributed by atoms with Crippen molar-refractivity contribution in [2.75, 3.05) is 18.0 Å².